The molecule has 32 heavy (non-hydrogen) atoms. The average Bonchev–Trinajstić information content (AvgIpc) is 2.84. The van der Waals surface area contributed by atoms with E-state index in [1.165, 1.54) is 16.7 Å². The van der Waals surface area contributed by atoms with E-state index in [4.69, 9.17) is 19.1 Å². The molecule has 0 amide bonds. The van der Waals surface area contributed by atoms with Crippen molar-refractivity contribution < 1.29 is 19.1 Å². The summed E-state index contributed by atoms with van der Waals surface area (Å²) in [6.45, 7) is 18.7. The zero-order chi connectivity index (χ0) is 25.1. The number of fused-ring (bicyclic) bond motifs is 1. The molecule has 176 valence electrons. The Kier molecular flexibility index (Phi) is 18.0. The van der Waals surface area contributed by atoms with Gasteiger partial charge in [0.05, 0.1) is 14.2 Å². The van der Waals surface area contributed by atoms with E-state index in [9.17, 15) is 0 Å². The number of hydrogen-bond acceptors (Lipinski definition) is 5. The molecule has 1 aromatic rings. The van der Waals surface area contributed by atoms with E-state index in [0.717, 1.165) is 30.0 Å². The molecule has 0 spiro atoms. The molecule has 1 unspecified atom stereocenters. The minimum absolute atomic E-state index is 0.344. The minimum atomic E-state index is 0.344. The van der Waals surface area contributed by atoms with Gasteiger partial charge in [0.2, 0.25) is 0 Å². The third-order valence-corrected chi connectivity index (χ3v) is 4.78. The number of rotatable bonds is 6. The summed E-state index contributed by atoms with van der Waals surface area (Å²) in [4.78, 5) is 18.3. The monoisotopic (exact) mass is 441 g/mol. The number of hydrogen-bond donors (Lipinski definition) is 0. The van der Waals surface area contributed by atoms with Crippen LogP contribution in [0, 0.1) is 0 Å². The summed E-state index contributed by atoms with van der Waals surface area (Å²) in [5.74, 6) is 1.65. The molecule has 1 atom stereocenters. The highest BCUT2D eigenvalue weighted by atomic mass is 16.5. The van der Waals surface area contributed by atoms with Gasteiger partial charge in [-0.2, -0.15) is 0 Å². The number of likely N-dealkylation sites (N-methyl/N-ethyl adjacent to an activating group) is 1. The van der Waals surface area contributed by atoms with E-state index in [2.05, 4.69) is 37.2 Å². The van der Waals surface area contributed by atoms with Crippen molar-refractivity contribution in [3.63, 3.8) is 0 Å². The van der Waals surface area contributed by atoms with Gasteiger partial charge in [0.15, 0.2) is 11.5 Å². The zero-order valence-corrected chi connectivity index (χ0v) is 20.5. The summed E-state index contributed by atoms with van der Waals surface area (Å²) < 4.78 is 10.9. The molecule has 0 aromatic heterocycles. The number of methoxy groups -OCH3 is 2. The summed E-state index contributed by atoms with van der Waals surface area (Å²) >= 11 is 0. The molecule has 2 rings (SSSR count). The fraction of sp³-hybridized carbons (Fsp3) is 0.333. The first kappa shape index (κ1) is 31.0. The first-order chi connectivity index (χ1) is 15.4. The maximum absolute atomic E-state index is 8.00. The van der Waals surface area contributed by atoms with Gasteiger partial charge in [-0.25, -0.2) is 0 Å². The van der Waals surface area contributed by atoms with Gasteiger partial charge in [0.1, 0.15) is 13.6 Å². The smallest absolute Gasteiger partial charge is 0.165 e. The Hall–Kier alpha value is -3.18. The van der Waals surface area contributed by atoms with Gasteiger partial charge in [0, 0.05) is 18.2 Å². The lowest BCUT2D eigenvalue weighted by molar-refractivity contribution is -0.0987. The Morgan fingerprint density at radius 1 is 1.09 bits per heavy atom. The fourth-order valence-electron chi connectivity index (χ4n) is 3.18. The largest absolute Gasteiger partial charge is 0.493 e. The zero-order valence-electron chi connectivity index (χ0n) is 20.5. The average molecular weight is 442 g/mol. The standard InChI is InChI=1S/C17H23NO2.C8H12.2CH2O/c1-6-7-12(2)15-10-13-8-9-16(19-4)17(20-5)14(13)11-18(15)3;1-4-6-7-8(3)5-2;2*1-2/h6-9,15H,2,10-11H2,1,3-5H3;4-7H,2H2,1,3H3;2*1H2/b7-6-;6-4-,8-7-;;. The molecule has 1 aliphatic heterocycles. The summed E-state index contributed by atoms with van der Waals surface area (Å²) in [6, 6.07) is 4.47. The maximum atomic E-state index is 8.00. The van der Waals surface area contributed by atoms with Crippen LogP contribution in [0.5, 0.6) is 11.5 Å². The Morgan fingerprint density at radius 2 is 1.72 bits per heavy atom. The van der Waals surface area contributed by atoms with Crippen LogP contribution in [0.3, 0.4) is 0 Å². The molecule has 0 saturated heterocycles. The molecular formula is C27H39NO4. The van der Waals surface area contributed by atoms with E-state index in [1.54, 1.807) is 14.2 Å². The molecule has 1 heterocycles. The predicted molar refractivity (Wildman–Crippen MR) is 135 cm³/mol. The summed E-state index contributed by atoms with van der Waals surface area (Å²) in [6.07, 6.45) is 12.9. The van der Waals surface area contributed by atoms with E-state index in [1.807, 2.05) is 70.8 Å². The summed E-state index contributed by atoms with van der Waals surface area (Å²) in [5, 5.41) is 0. The Labute approximate surface area is 194 Å². The first-order valence-electron chi connectivity index (χ1n) is 10.2. The van der Waals surface area contributed by atoms with Crippen LogP contribution in [-0.4, -0.2) is 45.8 Å². The maximum Gasteiger partial charge on any atom is 0.165 e. The lowest BCUT2D eigenvalue weighted by Gasteiger charge is -2.35. The number of benzene rings is 1. The lowest BCUT2D eigenvalue weighted by atomic mass is 9.89. The molecule has 1 aliphatic rings. The highest BCUT2D eigenvalue weighted by Gasteiger charge is 2.28. The molecule has 0 radical (unpaired) electrons. The summed E-state index contributed by atoms with van der Waals surface area (Å²) in [5.41, 5.74) is 4.88. The van der Waals surface area contributed by atoms with E-state index < -0.39 is 0 Å². The number of carbonyl (C=O) groups excluding carboxylic acids is 2. The van der Waals surface area contributed by atoms with Crippen LogP contribution < -0.4 is 9.47 Å². The predicted octanol–water partition coefficient (Wildman–Crippen LogP) is 5.52. The van der Waals surface area contributed by atoms with Crippen LogP contribution in [0.2, 0.25) is 0 Å². The van der Waals surface area contributed by atoms with Crippen LogP contribution in [0.1, 0.15) is 31.9 Å². The number of nitrogens with zero attached hydrogens (tertiary/aromatic N) is 1. The third-order valence-electron chi connectivity index (χ3n) is 4.78. The van der Waals surface area contributed by atoms with Crippen LogP contribution in [0.4, 0.5) is 0 Å². The van der Waals surface area contributed by atoms with Crippen molar-refractivity contribution >= 4 is 13.6 Å². The Bertz CT molecular complexity index is 791. The molecule has 0 saturated carbocycles. The van der Waals surface area contributed by atoms with Crippen molar-refractivity contribution in [3.05, 3.63) is 84.0 Å². The molecule has 0 N–H and O–H groups in total. The second-order valence-electron chi connectivity index (χ2n) is 6.79. The quantitative estimate of drug-likeness (QED) is 0.544. The number of allylic oxidation sites excluding steroid dienone is 6. The second-order valence-corrected chi connectivity index (χ2v) is 6.79. The van der Waals surface area contributed by atoms with Gasteiger partial charge in [-0.15, -0.1) is 0 Å². The van der Waals surface area contributed by atoms with E-state index in [0.29, 0.717) is 6.04 Å². The molecule has 0 bridgehead atoms. The van der Waals surface area contributed by atoms with Gasteiger partial charge >= 0.3 is 0 Å². The molecule has 0 aliphatic carbocycles. The molecular weight excluding hydrogens is 402 g/mol. The molecule has 5 nitrogen and oxygen atoms in total. The normalized spacial score (nSPS) is 15.2. The van der Waals surface area contributed by atoms with E-state index >= 15 is 0 Å². The lowest BCUT2D eigenvalue weighted by Crippen LogP contribution is -2.38. The van der Waals surface area contributed by atoms with Crippen molar-refractivity contribution in [2.24, 2.45) is 0 Å². The van der Waals surface area contributed by atoms with Crippen molar-refractivity contribution in [2.45, 2.75) is 39.8 Å². The second kappa shape index (κ2) is 18.6. The Balaban J connectivity index is 0. The van der Waals surface area contributed by atoms with Gasteiger partial charge < -0.3 is 19.1 Å². The van der Waals surface area contributed by atoms with Gasteiger partial charge in [-0.1, -0.05) is 61.3 Å². The molecule has 1 aromatic carbocycles. The topological polar surface area (TPSA) is 55.8 Å². The van der Waals surface area contributed by atoms with Gasteiger partial charge in [0.25, 0.3) is 0 Å². The van der Waals surface area contributed by atoms with Crippen molar-refractivity contribution in [1.82, 2.24) is 4.90 Å². The van der Waals surface area contributed by atoms with Crippen molar-refractivity contribution in [3.8, 4) is 11.5 Å². The third kappa shape index (κ3) is 9.75. The highest BCUT2D eigenvalue weighted by Crippen LogP contribution is 2.38. The van der Waals surface area contributed by atoms with Crippen LogP contribution in [-0.2, 0) is 22.6 Å². The number of ether oxygens (including phenoxy) is 2. The Morgan fingerprint density at radius 3 is 2.19 bits per heavy atom. The highest BCUT2D eigenvalue weighted by molar-refractivity contribution is 5.52. The van der Waals surface area contributed by atoms with Gasteiger partial charge in [-0.05, 0) is 51.4 Å². The first-order valence-corrected chi connectivity index (χ1v) is 10.2. The van der Waals surface area contributed by atoms with Crippen LogP contribution >= 0.6 is 0 Å². The molecule has 0 fully saturated rings. The van der Waals surface area contributed by atoms with Crippen LogP contribution in [0.15, 0.2) is 72.9 Å². The van der Waals surface area contributed by atoms with Crippen molar-refractivity contribution in [2.75, 3.05) is 21.3 Å². The SMILES string of the molecule is C=C(/C=C\C)C1Cc2ccc(OC)c(OC)c2CN1C.C=C/C(C)=C\C=C/C.C=O.C=O. The van der Waals surface area contributed by atoms with E-state index in [-0.39, 0.29) is 0 Å². The number of carbonyl (C=O) groups is 2. The van der Waals surface area contributed by atoms with Crippen molar-refractivity contribution in [1.29, 1.82) is 0 Å². The minimum Gasteiger partial charge on any atom is -0.493 e. The summed E-state index contributed by atoms with van der Waals surface area (Å²) in [7, 11) is 5.50. The van der Waals surface area contributed by atoms with Gasteiger partial charge in [-0.3, -0.25) is 4.90 Å². The van der Waals surface area contributed by atoms with Crippen LogP contribution in [0.25, 0.3) is 0 Å². The fourth-order valence-corrected chi connectivity index (χ4v) is 3.18. The molecule has 5 heteroatoms.